The number of aryl methyl sites for hydroxylation is 1. The quantitative estimate of drug-likeness (QED) is 0.684. The van der Waals surface area contributed by atoms with Gasteiger partial charge < -0.3 is 4.42 Å². The molecular weight excluding hydrogens is 329 g/mol. The van der Waals surface area contributed by atoms with Crippen LogP contribution in [0.1, 0.15) is 11.3 Å². The molecule has 0 aliphatic heterocycles. The predicted molar refractivity (Wildman–Crippen MR) is 89.5 cm³/mol. The van der Waals surface area contributed by atoms with Gasteiger partial charge >= 0.3 is 0 Å². The number of benzene rings is 2. The molecule has 0 fully saturated rings. The third kappa shape index (κ3) is 4.29. The first-order valence-corrected chi connectivity index (χ1v) is 9.29. The molecular formula is C18H16FNO3S. The van der Waals surface area contributed by atoms with Crippen molar-refractivity contribution in [2.45, 2.75) is 12.2 Å². The number of sulfone groups is 1. The molecule has 0 amide bonds. The van der Waals surface area contributed by atoms with Gasteiger partial charge in [0.15, 0.2) is 9.84 Å². The molecule has 0 aliphatic carbocycles. The summed E-state index contributed by atoms with van der Waals surface area (Å²) in [5.41, 5.74) is 1.93. The van der Waals surface area contributed by atoms with Crippen molar-refractivity contribution >= 4 is 9.84 Å². The SMILES string of the molecule is O=S(=O)(CCc1ccccc1)Cc1coc(-c2ccc(F)cc2)n1. The number of rotatable bonds is 6. The summed E-state index contributed by atoms with van der Waals surface area (Å²) in [7, 11) is -3.29. The standard InChI is InChI=1S/C18H16FNO3S/c19-16-8-6-15(7-9-16)18-20-17(12-23-18)13-24(21,22)11-10-14-4-2-1-3-5-14/h1-9,12H,10-11,13H2. The molecule has 0 N–H and O–H groups in total. The lowest BCUT2D eigenvalue weighted by Crippen LogP contribution is -2.11. The summed E-state index contributed by atoms with van der Waals surface area (Å²) in [6, 6.07) is 15.1. The lowest BCUT2D eigenvalue weighted by atomic mass is 10.2. The van der Waals surface area contributed by atoms with Crippen molar-refractivity contribution < 1.29 is 17.2 Å². The van der Waals surface area contributed by atoms with E-state index in [0.717, 1.165) is 5.56 Å². The van der Waals surface area contributed by atoms with Crippen LogP contribution < -0.4 is 0 Å². The minimum Gasteiger partial charge on any atom is -0.444 e. The monoisotopic (exact) mass is 345 g/mol. The Kier molecular flexibility index (Phi) is 4.76. The maximum Gasteiger partial charge on any atom is 0.226 e. The highest BCUT2D eigenvalue weighted by Crippen LogP contribution is 2.20. The van der Waals surface area contributed by atoms with E-state index < -0.39 is 9.84 Å². The maximum atomic E-state index is 12.9. The van der Waals surface area contributed by atoms with Crippen LogP contribution in [0.2, 0.25) is 0 Å². The van der Waals surface area contributed by atoms with Crippen LogP contribution in [0.25, 0.3) is 11.5 Å². The maximum absolute atomic E-state index is 12.9. The van der Waals surface area contributed by atoms with Gasteiger partial charge in [0.05, 0.1) is 17.2 Å². The second-order valence-electron chi connectivity index (χ2n) is 5.48. The Morgan fingerprint density at radius 2 is 1.71 bits per heavy atom. The summed E-state index contributed by atoms with van der Waals surface area (Å²) in [6.07, 6.45) is 1.80. The number of nitrogens with zero attached hydrogens (tertiary/aromatic N) is 1. The van der Waals surface area contributed by atoms with Crippen molar-refractivity contribution in [2.24, 2.45) is 0 Å². The van der Waals surface area contributed by atoms with E-state index >= 15 is 0 Å². The minimum atomic E-state index is -3.29. The fourth-order valence-corrected chi connectivity index (χ4v) is 3.59. The molecule has 3 rings (SSSR count). The van der Waals surface area contributed by atoms with Gasteiger partial charge in [-0.05, 0) is 36.2 Å². The van der Waals surface area contributed by atoms with E-state index in [1.807, 2.05) is 30.3 Å². The highest BCUT2D eigenvalue weighted by atomic mass is 32.2. The lowest BCUT2D eigenvalue weighted by molar-refractivity contribution is 0.571. The van der Waals surface area contributed by atoms with Crippen LogP contribution in [0, 0.1) is 5.82 Å². The minimum absolute atomic E-state index is 0.0513. The first-order valence-electron chi connectivity index (χ1n) is 7.46. The van der Waals surface area contributed by atoms with Crippen LogP contribution in [0.5, 0.6) is 0 Å². The molecule has 0 saturated carbocycles. The molecule has 1 aromatic heterocycles. The molecule has 0 radical (unpaired) electrons. The average molecular weight is 345 g/mol. The van der Waals surface area contributed by atoms with Gasteiger partial charge in [-0.25, -0.2) is 17.8 Å². The van der Waals surface area contributed by atoms with E-state index in [1.165, 1.54) is 30.5 Å². The van der Waals surface area contributed by atoms with Gasteiger partial charge in [0.25, 0.3) is 0 Å². The molecule has 0 bridgehead atoms. The van der Waals surface area contributed by atoms with Crippen molar-refractivity contribution in [1.29, 1.82) is 0 Å². The molecule has 124 valence electrons. The molecule has 0 aliphatic rings. The largest absolute Gasteiger partial charge is 0.444 e. The highest BCUT2D eigenvalue weighted by Gasteiger charge is 2.16. The number of oxazole rings is 1. The predicted octanol–water partition coefficient (Wildman–Crippen LogP) is 3.64. The van der Waals surface area contributed by atoms with Gasteiger partial charge in [0.1, 0.15) is 12.1 Å². The Labute approximate surface area is 139 Å². The number of aromatic nitrogens is 1. The number of hydrogen-bond donors (Lipinski definition) is 0. The molecule has 0 spiro atoms. The van der Waals surface area contributed by atoms with Crippen LogP contribution in [-0.4, -0.2) is 19.2 Å². The van der Waals surface area contributed by atoms with Crippen molar-refractivity contribution in [3.8, 4) is 11.5 Å². The van der Waals surface area contributed by atoms with Crippen molar-refractivity contribution in [2.75, 3.05) is 5.75 Å². The van der Waals surface area contributed by atoms with Crippen LogP contribution in [0.4, 0.5) is 4.39 Å². The molecule has 4 nitrogen and oxygen atoms in total. The molecule has 24 heavy (non-hydrogen) atoms. The summed E-state index contributed by atoms with van der Waals surface area (Å²) in [6.45, 7) is 0. The van der Waals surface area contributed by atoms with Crippen molar-refractivity contribution in [3.05, 3.63) is 77.9 Å². The third-order valence-corrected chi connectivity index (χ3v) is 5.12. The van der Waals surface area contributed by atoms with Crippen LogP contribution in [0.3, 0.4) is 0 Å². The van der Waals surface area contributed by atoms with E-state index in [9.17, 15) is 12.8 Å². The van der Waals surface area contributed by atoms with Gasteiger partial charge in [-0.15, -0.1) is 0 Å². The van der Waals surface area contributed by atoms with Crippen molar-refractivity contribution in [3.63, 3.8) is 0 Å². The van der Waals surface area contributed by atoms with Gasteiger partial charge in [-0.2, -0.15) is 0 Å². The van der Waals surface area contributed by atoms with E-state index in [2.05, 4.69) is 4.98 Å². The Balaban J connectivity index is 1.66. The van der Waals surface area contributed by atoms with Gasteiger partial charge in [-0.1, -0.05) is 30.3 Å². The molecule has 1 heterocycles. The summed E-state index contributed by atoms with van der Waals surface area (Å²) >= 11 is 0. The molecule has 2 aromatic carbocycles. The van der Waals surface area contributed by atoms with Gasteiger partial charge in [0, 0.05) is 5.56 Å². The Morgan fingerprint density at radius 3 is 2.42 bits per heavy atom. The molecule has 6 heteroatoms. The Bertz CT molecular complexity index is 903. The van der Waals surface area contributed by atoms with Crippen LogP contribution >= 0.6 is 0 Å². The normalized spacial score (nSPS) is 11.5. The van der Waals surface area contributed by atoms with Crippen molar-refractivity contribution in [1.82, 2.24) is 4.98 Å². The number of halogens is 1. The Hall–Kier alpha value is -2.47. The summed E-state index contributed by atoms with van der Waals surface area (Å²) in [5, 5.41) is 0. The van der Waals surface area contributed by atoms with Crippen LogP contribution in [0.15, 0.2) is 65.3 Å². The molecule has 0 saturated heterocycles. The average Bonchev–Trinajstić information content (AvgIpc) is 3.02. The van der Waals surface area contributed by atoms with E-state index in [0.29, 0.717) is 17.7 Å². The fourth-order valence-electron chi connectivity index (χ4n) is 2.31. The summed E-state index contributed by atoms with van der Waals surface area (Å²) in [5.74, 6) is -0.197. The summed E-state index contributed by atoms with van der Waals surface area (Å²) in [4.78, 5) is 4.18. The zero-order valence-electron chi connectivity index (χ0n) is 12.9. The zero-order chi connectivity index (χ0) is 17.0. The van der Waals surface area contributed by atoms with Gasteiger partial charge in [0.2, 0.25) is 5.89 Å². The summed E-state index contributed by atoms with van der Waals surface area (Å²) < 4.78 is 42.7. The lowest BCUT2D eigenvalue weighted by Gasteiger charge is -2.02. The smallest absolute Gasteiger partial charge is 0.226 e. The van der Waals surface area contributed by atoms with E-state index in [4.69, 9.17) is 4.42 Å². The Morgan fingerprint density at radius 1 is 1.00 bits per heavy atom. The van der Waals surface area contributed by atoms with E-state index in [-0.39, 0.29) is 23.2 Å². The third-order valence-electron chi connectivity index (χ3n) is 3.56. The molecule has 3 aromatic rings. The zero-order valence-corrected chi connectivity index (χ0v) is 13.7. The first kappa shape index (κ1) is 16.4. The van der Waals surface area contributed by atoms with Crippen LogP contribution in [-0.2, 0) is 22.0 Å². The number of hydrogen-bond acceptors (Lipinski definition) is 4. The fraction of sp³-hybridized carbons (Fsp3) is 0.167. The van der Waals surface area contributed by atoms with E-state index in [1.54, 1.807) is 0 Å². The topological polar surface area (TPSA) is 60.2 Å². The first-order chi connectivity index (χ1) is 11.5. The molecule has 0 atom stereocenters. The highest BCUT2D eigenvalue weighted by molar-refractivity contribution is 7.90. The molecule has 0 unspecified atom stereocenters. The second-order valence-corrected chi connectivity index (χ2v) is 7.66. The second kappa shape index (κ2) is 6.97. The van der Waals surface area contributed by atoms with Gasteiger partial charge in [-0.3, -0.25) is 0 Å².